The van der Waals surface area contributed by atoms with Crippen molar-refractivity contribution in [2.24, 2.45) is 40.4 Å². The number of esters is 1. The molecule has 0 radical (unpaired) electrons. The maximum absolute atomic E-state index is 11.7. The summed E-state index contributed by atoms with van der Waals surface area (Å²) >= 11 is 0. The van der Waals surface area contributed by atoms with Crippen LogP contribution in [0.4, 0.5) is 0 Å². The van der Waals surface area contributed by atoms with Crippen LogP contribution < -0.4 is 0 Å². The van der Waals surface area contributed by atoms with Crippen LogP contribution in [0.25, 0.3) is 0 Å². The summed E-state index contributed by atoms with van der Waals surface area (Å²) < 4.78 is 10.6. The maximum atomic E-state index is 11.7. The lowest BCUT2D eigenvalue weighted by molar-refractivity contribution is -0.141. The Bertz CT molecular complexity index is 611. The molecule has 29 heavy (non-hydrogen) atoms. The summed E-state index contributed by atoms with van der Waals surface area (Å²) in [7, 11) is 1.51. The van der Waals surface area contributed by atoms with Crippen molar-refractivity contribution in [3.63, 3.8) is 0 Å². The van der Waals surface area contributed by atoms with Crippen molar-refractivity contribution in [2.75, 3.05) is 13.7 Å². The van der Waals surface area contributed by atoms with E-state index in [2.05, 4.69) is 27.7 Å². The molecule has 0 spiro atoms. The Hall–Kier alpha value is -0.570. The zero-order valence-corrected chi connectivity index (χ0v) is 19.6. The Kier molecular flexibility index (Phi) is 5.86. The lowest BCUT2D eigenvalue weighted by Crippen LogP contribution is -2.49. The minimum Gasteiger partial charge on any atom is -0.469 e. The van der Waals surface area contributed by atoms with Crippen LogP contribution in [0.2, 0.25) is 0 Å². The molecule has 3 nitrogen and oxygen atoms in total. The number of hydrogen-bond acceptors (Lipinski definition) is 3. The van der Waals surface area contributed by atoms with Crippen LogP contribution >= 0.6 is 0 Å². The van der Waals surface area contributed by atoms with Gasteiger partial charge >= 0.3 is 5.97 Å². The van der Waals surface area contributed by atoms with Gasteiger partial charge in [0.1, 0.15) is 0 Å². The molecule has 3 aliphatic carbocycles. The van der Waals surface area contributed by atoms with Crippen LogP contribution in [-0.2, 0) is 14.3 Å². The molecular formula is C26H44O3. The third-order valence-corrected chi connectivity index (χ3v) is 10.3. The number of epoxide rings is 1. The number of carbonyl (C=O) groups is 1. The van der Waals surface area contributed by atoms with Gasteiger partial charge in [0, 0.05) is 6.42 Å². The van der Waals surface area contributed by atoms with Crippen LogP contribution in [0.5, 0.6) is 0 Å². The zero-order chi connectivity index (χ0) is 20.9. The predicted molar refractivity (Wildman–Crippen MR) is 116 cm³/mol. The van der Waals surface area contributed by atoms with Gasteiger partial charge in [-0.25, -0.2) is 0 Å². The lowest BCUT2D eigenvalue weighted by Gasteiger charge is -2.57. The summed E-state index contributed by atoms with van der Waals surface area (Å²) in [4.78, 5) is 11.7. The topological polar surface area (TPSA) is 38.8 Å². The van der Waals surface area contributed by atoms with E-state index in [9.17, 15) is 4.79 Å². The standard InChI is InChI=1S/C26H44O3/c1-18(8-11-23(27)28-5)20-9-10-22-19-7-6-13-24(2,15-16-25(3)17-29-25)21(19)12-14-26(20,22)4/h18-22H,6-17H2,1-5H3. The molecule has 8 unspecified atom stereocenters. The van der Waals surface area contributed by atoms with E-state index >= 15 is 0 Å². The van der Waals surface area contributed by atoms with E-state index in [1.54, 1.807) is 0 Å². The largest absolute Gasteiger partial charge is 0.469 e. The number of methoxy groups -OCH3 is 1. The van der Waals surface area contributed by atoms with Crippen LogP contribution in [0.3, 0.4) is 0 Å². The Balaban J connectivity index is 1.44. The molecule has 3 saturated carbocycles. The first-order valence-electron chi connectivity index (χ1n) is 12.4. The van der Waals surface area contributed by atoms with Crippen molar-refractivity contribution >= 4 is 5.97 Å². The molecule has 8 atom stereocenters. The fourth-order valence-electron chi connectivity index (χ4n) is 8.23. The molecule has 4 rings (SSSR count). The number of carbonyl (C=O) groups excluding carboxylic acids is 1. The first-order chi connectivity index (χ1) is 13.7. The van der Waals surface area contributed by atoms with Crippen molar-refractivity contribution in [1.29, 1.82) is 0 Å². The zero-order valence-electron chi connectivity index (χ0n) is 19.6. The van der Waals surface area contributed by atoms with E-state index < -0.39 is 0 Å². The quantitative estimate of drug-likeness (QED) is 0.364. The van der Waals surface area contributed by atoms with Crippen LogP contribution in [0, 0.1) is 40.4 Å². The summed E-state index contributed by atoms with van der Waals surface area (Å²) in [6.07, 6.45) is 14.1. The minimum absolute atomic E-state index is 0.0448. The minimum atomic E-state index is -0.0448. The maximum Gasteiger partial charge on any atom is 0.305 e. The molecule has 0 aromatic heterocycles. The van der Waals surface area contributed by atoms with Gasteiger partial charge in [0.05, 0.1) is 19.3 Å². The molecule has 4 fully saturated rings. The average molecular weight is 405 g/mol. The highest BCUT2D eigenvalue weighted by molar-refractivity contribution is 5.69. The Morgan fingerprint density at radius 1 is 1.07 bits per heavy atom. The van der Waals surface area contributed by atoms with E-state index in [-0.39, 0.29) is 11.6 Å². The van der Waals surface area contributed by atoms with Gasteiger partial charge in [-0.05, 0) is 105 Å². The summed E-state index contributed by atoms with van der Waals surface area (Å²) in [6, 6.07) is 0. The SMILES string of the molecule is COC(=O)CCC(C)C1CCC2C3CCCC(C)(CCC4(C)CO4)C3CCC12C. The first kappa shape index (κ1) is 21.7. The highest BCUT2D eigenvalue weighted by Crippen LogP contribution is 2.66. The van der Waals surface area contributed by atoms with Crippen molar-refractivity contribution in [3.8, 4) is 0 Å². The molecule has 0 bridgehead atoms. The molecule has 1 saturated heterocycles. The van der Waals surface area contributed by atoms with E-state index in [1.165, 1.54) is 64.9 Å². The number of rotatable bonds is 7. The average Bonchev–Trinajstić information content (AvgIpc) is 3.33. The smallest absolute Gasteiger partial charge is 0.305 e. The second-order valence-corrected chi connectivity index (χ2v) is 12.0. The van der Waals surface area contributed by atoms with Gasteiger partial charge in [-0.2, -0.15) is 0 Å². The van der Waals surface area contributed by atoms with Gasteiger partial charge in [-0.15, -0.1) is 0 Å². The van der Waals surface area contributed by atoms with Gasteiger partial charge in [0.25, 0.3) is 0 Å². The molecule has 0 amide bonds. The molecule has 1 heterocycles. The molecule has 0 aromatic rings. The molecular weight excluding hydrogens is 360 g/mol. The third-order valence-electron chi connectivity index (χ3n) is 10.3. The molecule has 1 aliphatic heterocycles. The summed E-state index contributed by atoms with van der Waals surface area (Å²) in [5.74, 6) is 4.11. The summed E-state index contributed by atoms with van der Waals surface area (Å²) in [5.41, 5.74) is 1.21. The summed E-state index contributed by atoms with van der Waals surface area (Å²) in [6.45, 7) is 10.9. The van der Waals surface area contributed by atoms with E-state index in [1.807, 2.05) is 0 Å². The molecule has 3 heteroatoms. The Labute approximate surface area is 178 Å². The monoisotopic (exact) mass is 404 g/mol. The predicted octanol–water partition coefficient (Wildman–Crippen LogP) is 6.39. The second-order valence-electron chi connectivity index (χ2n) is 12.0. The Morgan fingerprint density at radius 2 is 1.83 bits per heavy atom. The second kappa shape index (κ2) is 7.84. The number of fused-ring (bicyclic) bond motifs is 3. The van der Waals surface area contributed by atoms with E-state index in [0.717, 1.165) is 36.7 Å². The van der Waals surface area contributed by atoms with Crippen molar-refractivity contribution in [1.82, 2.24) is 0 Å². The molecule has 0 N–H and O–H groups in total. The Morgan fingerprint density at radius 3 is 2.52 bits per heavy atom. The lowest BCUT2D eigenvalue weighted by atomic mass is 9.48. The van der Waals surface area contributed by atoms with E-state index in [4.69, 9.17) is 9.47 Å². The molecule has 166 valence electrons. The molecule has 0 aromatic carbocycles. The highest BCUT2D eigenvalue weighted by atomic mass is 16.6. The van der Waals surface area contributed by atoms with Crippen molar-refractivity contribution < 1.29 is 14.3 Å². The van der Waals surface area contributed by atoms with Crippen LogP contribution in [-0.4, -0.2) is 25.3 Å². The third kappa shape index (κ3) is 4.02. The van der Waals surface area contributed by atoms with Gasteiger partial charge in [-0.3, -0.25) is 4.79 Å². The summed E-state index contributed by atoms with van der Waals surface area (Å²) in [5, 5.41) is 0. The number of ether oxygens (including phenoxy) is 2. The number of hydrogen-bond donors (Lipinski definition) is 0. The van der Waals surface area contributed by atoms with Gasteiger partial charge < -0.3 is 9.47 Å². The molecule has 4 aliphatic rings. The first-order valence-corrected chi connectivity index (χ1v) is 12.4. The van der Waals surface area contributed by atoms with Crippen molar-refractivity contribution in [3.05, 3.63) is 0 Å². The van der Waals surface area contributed by atoms with Gasteiger partial charge in [-0.1, -0.05) is 27.2 Å². The van der Waals surface area contributed by atoms with E-state index in [0.29, 0.717) is 23.2 Å². The van der Waals surface area contributed by atoms with Gasteiger partial charge in [0.2, 0.25) is 0 Å². The van der Waals surface area contributed by atoms with Crippen LogP contribution in [0.1, 0.15) is 98.3 Å². The highest BCUT2D eigenvalue weighted by Gasteiger charge is 2.58. The normalized spacial score (nSPS) is 47.2. The fourth-order valence-corrected chi connectivity index (χ4v) is 8.23. The van der Waals surface area contributed by atoms with Crippen LogP contribution in [0.15, 0.2) is 0 Å². The van der Waals surface area contributed by atoms with Gasteiger partial charge in [0.15, 0.2) is 0 Å². The fraction of sp³-hybridized carbons (Fsp3) is 0.962. The van der Waals surface area contributed by atoms with Crippen molar-refractivity contribution in [2.45, 2.75) is 104 Å².